The van der Waals surface area contributed by atoms with Crippen molar-refractivity contribution in [1.82, 2.24) is 4.98 Å². The highest BCUT2D eigenvalue weighted by Gasteiger charge is 2.10. The zero-order chi connectivity index (χ0) is 13.5. The number of anilines is 1. The maximum absolute atomic E-state index is 5.96. The molecule has 102 valence electrons. The van der Waals surface area contributed by atoms with Gasteiger partial charge in [-0.15, -0.1) is 11.6 Å². The standard InChI is InChI=1S/C14H23ClN2O/c1-5-17(6-7-18-4)14-9-12(10-15)8-13(16-14)11(2)3/h8-9,11H,5-7,10H2,1-4H3. The smallest absolute Gasteiger partial charge is 0.129 e. The van der Waals surface area contributed by atoms with Gasteiger partial charge in [0.2, 0.25) is 0 Å². The Bertz CT molecular complexity index is 369. The van der Waals surface area contributed by atoms with Crippen LogP contribution in [-0.2, 0) is 10.6 Å². The number of methoxy groups -OCH3 is 1. The summed E-state index contributed by atoms with van der Waals surface area (Å²) in [5.41, 5.74) is 2.22. The number of hydrogen-bond acceptors (Lipinski definition) is 3. The van der Waals surface area contributed by atoms with Gasteiger partial charge in [0.05, 0.1) is 6.61 Å². The van der Waals surface area contributed by atoms with E-state index in [0.29, 0.717) is 18.4 Å². The average molecular weight is 271 g/mol. The normalized spacial score (nSPS) is 11.0. The monoisotopic (exact) mass is 270 g/mol. The summed E-state index contributed by atoms with van der Waals surface area (Å²) in [6.45, 7) is 8.89. The molecule has 0 unspecified atom stereocenters. The zero-order valence-corrected chi connectivity index (χ0v) is 12.5. The minimum atomic E-state index is 0.410. The first-order valence-electron chi connectivity index (χ1n) is 6.43. The molecule has 0 fully saturated rings. The molecule has 18 heavy (non-hydrogen) atoms. The Morgan fingerprint density at radius 1 is 1.39 bits per heavy atom. The number of pyridine rings is 1. The van der Waals surface area contributed by atoms with Crippen LogP contribution in [0.15, 0.2) is 12.1 Å². The second-order valence-corrected chi connectivity index (χ2v) is 4.89. The molecule has 0 spiro atoms. The largest absolute Gasteiger partial charge is 0.383 e. The Hall–Kier alpha value is -0.800. The van der Waals surface area contributed by atoms with Crippen molar-refractivity contribution in [2.24, 2.45) is 0 Å². The minimum Gasteiger partial charge on any atom is -0.383 e. The number of ether oxygens (including phenoxy) is 1. The molecule has 0 bridgehead atoms. The van der Waals surface area contributed by atoms with Gasteiger partial charge < -0.3 is 9.64 Å². The van der Waals surface area contributed by atoms with Crippen LogP contribution < -0.4 is 4.90 Å². The first kappa shape index (κ1) is 15.3. The van der Waals surface area contributed by atoms with E-state index in [-0.39, 0.29) is 0 Å². The summed E-state index contributed by atoms with van der Waals surface area (Å²) in [5, 5.41) is 0. The molecule has 1 aromatic heterocycles. The molecule has 0 aliphatic heterocycles. The van der Waals surface area contributed by atoms with Gasteiger partial charge in [0, 0.05) is 31.8 Å². The third-order valence-electron chi connectivity index (χ3n) is 2.91. The Morgan fingerprint density at radius 2 is 2.11 bits per heavy atom. The summed E-state index contributed by atoms with van der Waals surface area (Å²) in [5.74, 6) is 1.93. The Balaban J connectivity index is 3.00. The summed E-state index contributed by atoms with van der Waals surface area (Å²) in [7, 11) is 1.72. The molecule has 0 aliphatic rings. The highest BCUT2D eigenvalue weighted by atomic mass is 35.5. The minimum absolute atomic E-state index is 0.410. The number of aromatic nitrogens is 1. The molecule has 1 rings (SSSR count). The van der Waals surface area contributed by atoms with Gasteiger partial charge in [-0.25, -0.2) is 4.98 Å². The Kier molecular flexibility index (Phi) is 6.44. The third-order valence-corrected chi connectivity index (χ3v) is 3.22. The molecule has 0 saturated carbocycles. The van der Waals surface area contributed by atoms with Crippen molar-refractivity contribution in [3.63, 3.8) is 0 Å². The van der Waals surface area contributed by atoms with E-state index in [1.165, 1.54) is 0 Å². The molecule has 0 amide bonds. The van der Waals surface area contributed by atoms with E-state index >= 15 is 0 Å². The molecular formula is C14H23ClN2O. The molecule has 0 aromatic carbocycles. The Labute approximate surface area is 115 Å². The van der Waals surface area contributed by atoms with Crippen molar-refractivity contribution < 1.29 is 4.74 Å². The lowest BCUT2D eigenvalue weighted by Crippen LogP contribution is -2.28. The molecule has 0 atom stereocenters. The fraction of sp³-hybridized carbons (Fsp3) is 0.643. The van der Waals surface area contributed by atoms with E-state index in [2.05, 4.69) is 37.8 Å². The second kappa shape index (κ2) is 7.59. The number of alkyl halides is 1. The van der Waals surface area contributed by atoms with Crippen LogP contribution in [0.5, 0.6) is 0 Å². The van der Waals surface area contributed by atoms with Crippen molar-refractivity contribution in [2.45, 2.75) is 32.6 Å². The summed E-state index contributed by atoms with van der Waals surface area (Å²) >= 11 is 5.96. The summed E-state index contributed by atoms with van der Waals surface area (Å²) < 4.78 is 5.13. The Morgan fingerprint density at radius 3 is 2.61 bits per heavy atom. The molecule has 1 heterocycles. The quantitative estimate of drug-likeness (QED) is 0.710. The van der Waals surface area contributed by atoms with Crippen molar-refractivity contribution in [3.8, 4) is 0 Å². The van der Waals surface area contributed by atoms with Crippen molar-refractivity contribution in [1.29, 1.82) is 0 Å². The lowest BCUT2D eigenvalue weighted by molar-refractivity contribution is 0.205. The number of rotatable bonds is 7. The predicted molar refractivity (Wildman–Crippen MR) is 77.6 cm³/mol. The van der Waals surface area contributed by atoms with Crippen molar-refractivity contribution in [2.75, 3.05) is 31.7 Å². The first-order chi connectivity index (χ1) is 8.62. The molecule has 0 aliphatic carbocycles. The SMILES string of the molecule is CCN(CCOC)c1cc(CCl)cc(C(C)C)n1. The number of nitrogens with zero attached hydrogens (tertiary/aromatic N) is 2. The molecule has 0 radical (unpaired) electrons. The zero-order valence-electron chi connectivity index (χ0n) is 11.7. The van der Waals surface area contributed by atoms with Crippen LogP contribution in [0.3, 0.4) is 0 Å². The molecule has 0 N–H and O–H groups in total. The maximum Gasteiger partial charge on any atom is 0.129 e. The van der Waals surface area contributed by atoms with Crippen molar-refractivity contribution >= 4 is 17.4 Å². The van der Waals surface area contributed by atoms with Crippen LogP contribution >= 0.6 is 11.6 Å². The average Bonchev–Trinajstić information content (AvgIpc) is 2.39. The lowest BCUT2D eigenvalue weighted by atomic mass is 10.1. The first-order valence-corrected chi connectivity index (χ1v) is 6.96. The number of hydrogen-bond donors (Lipinski definition) is 0. The van der Waals surface area contributed by atoms with E-state index in [0.717, 1.165) is 30.2 Å². The summed E-state index contributed by atoms with van der Waals surface area (Å²) in [6, 6.07) is 4.16. The molecule has 3 nitrogen and oxygen atoms in total. The summed E-state index contributed by atoms with van der Waals surface area (Å²) in [4.78, 5) is 6.93. The third kappa shape index (κ3) is 4.14. The van der Waals surface area contributed by atoms with Gasteiger partial charge in [-0.05, 0) is 30.5 Å². The van der Waals surface area contributed by atoms with E-state index in [4.69, 9.17) is 21.3 Å². The fourth-order valence-electron chi connectivity index (χ4n) is 1.77. The molecule has 0 saturated heterocycles. The van der Waals surface area contributed by atoms with Crippen LogP contribution in [0.2, 0.25) is 0 Å². The van der Waals surface area contributed by atoms with Crippen LogP contribution in [-0.4, -0.2) is 31.8 Å². The second-order valence-electron chi connectivity index (χ2n) is 4.62. The van der Waals surface area contributed by atoms with Gasteiger partial charge in [-0.3, -0.25) is 0 Å². The van der Waals surface area contributed by atoms with Crippen LogP contribution in [0.1, 0.15) is 37.9 Å². The molecule has 1 aromatic rings. The molecule has 4 heteroatoms. The van der Waals surface area contributed by atoms with Gasteiger partial charge in [0.1, 0.15) is 5.82 Å². The van der Waals surface area contributed by atoms with E-state index < -0.39 is 0 Å². The van der Waals surface area contributed by atoms with E-state index in [1.54, 1.807) is 7.11 Å². The van der Waals surface area contributed by atoms with Gasteiger partial charge in [0.25, 0.3) is 0 Å². The van der Waals surface area contributed by atoms with Gasteiger partial charge >= 0.3 is 0 Å². The van der Waals surface area contributed by atoms with Crippen LogP contribution in [0, 0.1) is 0 Å². The summed E-state index contributed by atoms with van der Waals surface area (Å²) in [6.07, 6.45) is 0. The maximum atomic E-state index is 5.96. The topological polar surface area (TPSA) is 25.4 Å². The number of likely N-dealkylation sites (N-methyl/N-ethyl adjacent to an activating group) is 1. The highest BCUT2D eigenvalue weighted by Crippen LogP contribution is 2.21. The highest BCUT2D eigenvalue weighted by molar-refractivity contribution is 6.17. The fourth-order valence-corrected chi connectivity index (χ4v) is 1.92. The van der Waals surface area contributed by atoms with Gasteiger partial charge in [-0.1, -0.05) is 13.8 Å². The van der Waals surface area contributed by atoms with Gasteiger partial charge in [0.15, 0.2) is 0 Å². The molecular weight excluding hydrogens is 248 g/mol. The van der Waals surface area contributed by atoms with E-state index in [1.807, 2.05) is 0 Å². The lowest BCUT2D eigenvalue weighted by Gasteiger charge is -2.23. The van der Waals surface area contributed by atoms with Gasteiger partial charge in [-0.2, -0.15) is 0 Å². The van der Waals surface area contributed by atoms with E-state index in [9.17, 15) is 0 Å². The number of halogens is 1. The predicted octanol–water partition coefficient (Wildman–Crippen LogP) is 3.42. The van der Waals surface area contributed by atoms with Crippen LogP contribution in [0.4, 0.5) is 5.82 Å². The van der Waals surface area contributed by atoms with Crippen molar-refractivity contribution in [3.05, 3.63) is 23.4 Å². The van der Waals surface area contributed by atoms with Crippen LogP contribution in [0.25, 0.3) is 0 Å².